The maximum atomic E-state index is 13.4. The number of ether oxygens (including phenoxy) is 5. The van der Waals surface area contributed by atoms with Gasteiger partial charge in [0.2, 0.25) is 5.79 Å². The Labute approximate surface area is 284 Å². The summed E-state index contributed by atoms with van der Waals surface area (Å²) >= 11 is 0. The van der Waals surface area contributed by atoms with E-state index < -0.39 is 30.5 Å². The third kappa shape index (κ3) is 5.85. The minimum atomic E-state index is -2.89. The van der Waals surface area contributed by atoms with Crippen LogP contribution in [0.25, 0.3) is 0 Å². The second kappa shape index (κ2) is 13.0. The average molecular weight is 667 g/mol. The molecule has 8 heteroatoms. The van der Waals surface area contributed by atoms with Gasteiger partial charge in [-0.05, 0) is 81.1 Å². The molecule has 2 aliphatic carbocycles. The first-order chi connectivity index (χ1) is 22.0. The summed E-state index contributed by atoms with van der Waals surface area (Å²) in [6.07, 6.45) is 1.71. The first kappa shape index (κ1) is 36.2. The van der Waals surface area contributed by atoms with Gasteiger partial charge in [0, 0.05) is 32.2 Å². The summed E-state index contributed by atoms with van der Waals surface area (Å²) in [4.78, 5) is 13.4. The highest BCUT2D eigenvalue weighted by molar-refractivity contribution is 6.99. The Balaban J connectivity index is 1.67. The largest absolute Gasteiger partial charge is 0.462 e. The molecule has 0 amide bonds. The second-order valence-electron chi connectivity index (χ2n) is 16.6. The lowest BCUT2D eigenvalue weighted by Crippen LogP contribution is -2.68. The molecule has 3 aliphatic rings. The quantitative estimate of drug-likeness (QED) is 0.159. The molecule has 0 bridgehead atoms. The van der Waals surface area contributed by atoms with Crippen LogP contribution in [0, 0.1) is 28.6 Å². The normalized spacial score (nSPS) is 32.1. The van der Waals surface area contributed by atoms with Gasteiger partial charge in [0.25, 0.3) is 8.32 Å². The van der Waals surface area contributed by atoms with Crippen LogP contribution in [0.1, 0.15) is 81.6 Å². The first-order valence-corrected chi connectivity index (χ1v) is 19.2. The number of carbonyl (C=O) groups excluding carboxylic acids is 1. The minimum absolute atomic E-state index is 0.0241. The Hall–Kier alpha value is -2.07. The minimum Gasteiger partial charge on any atom is -0.462 e. The van der Waals surface area contributed by atoms with E-state index in [2.05, 4.69) is 102 Å². The SMILES string of the molecule is COCO[C@@H]1CC[C@]23[C@@H](CO[Si](c4ccccc4)(c4ccccc4)C(C)(C)C)[C@H](C)[C@@H](OC(=O)C(C)(C)C)C[C@H]2C(C)(C)O[C@]13OC. The van der Waals surface area contributed by atoms with E-state index in [4.69, 9.17) is 28.1 Å². The van der Waals surface area contributed by atoms with E-state index >= 15 is 0 Å². The molecule has 3 fully saturated rings. The molecule has 1 heterocycles. The predicted octanol–water partition coefficient (Wildman–Crippen LogP) is 6.71. The lowest BCUT2D eigenvalue weighted by atomic mass is 9.51. The molecule has 7 atom stereocenters. The van der Waals surface area contributed by atoms with Crippen molar-refractivity contribution in [2.24, 2.45) is 28.6 Å². The van der Waals surface area contributed by atoms with Crippen molar-refractivity contribution in [3.8, 4) is 0 Å². The molecule has 0 aromatic heterocycles. The fourth-order valence-corrected chi connectivity index (χ4v) is 14.1. The van der Waals surface area contributed by atoms with Gasteiger partial charge in [-0.3, -0.25) is 4.79 Å². The summed E-state index contributed by atoms with van der Waals surface area (Å²) in [5, 5.41) is 2.29. The maximum absolute atomic E-state index is 13.4. The monoisotopic (exact) mass is 666 g/mol. The van der Waals surface area contributed by atoms with E-state index in [9.17, 15) is 4.79 Å². The van der Waals surface area contributed by atoms with E-state index in [0.717, 1.165) is 12.8 Å². The summed E-state index contributed by atoms with van der Waals surface area (Å²) in [5.41, 5.74) is -1.62. The molecular weight excluding hydrogens is 609 g/mol. The van der Waals surface area contributed by atoms with Crippen molar-refractivity contribution in [2.75, 3.05) is 27.6 Å². The van der Waals surface area contributed by atoms with Crippen LogP contribution in [0.5, 0.6) is 0 Å². The highest BCUT2D eigenvalue weighted by Gasteiger charge is 2.79. The zero-order valence-electron chi connectivity index (χ0n) is 30.6. The Morgan fingerprint density at radius 1 is 0.936 bits per heavy atom. The van der Waals surface area contributed by atoms with E-state index in [1.807, 2.05) is 20.8 Å². The van der Waals surface area contributed by atoms with Crippen molar-refractivity contribution in [1.29, 1.82) is 0 Å². The number of carbonyl (C=O) groups is 1. The number of esters is 1. The van der Waals surface area contributed by atoms with Crippen LogP contribution in [0.2, 0.25) is 5.04 Å². The summed E-state index contributed by atoms with van der Waals surface area (Å²) in [6.45, 7) is 19.9. The molecule has 7 nitrogen and oxygen atoms in total. The summed E-state index contributed by atoms with van der Waals surface area (Å²) in [7, 11) is 0.511. The summed E-state index contributed by atoms with van der Waals surface area (Å²) < 4.78 is 39.6. The molecule has 1 saturated heterocycles. The van der Waals surface area contributed by atoms with Gasteiger partial charge >= 0.3 is 5.97 Å². The van der Waals surface area contributed by atoms with Crippen LogP contribution in [0.3, 0.4) is 0 Å². The Morgan fingerprint density at radius 3 is 2.00 bits per heavy atom. The first-order valence-electron chi connectivity index (χ1n) is 17.3. The van der Waals surface area contributed by atoms with Crippen molar-refractivity contribution in [3.05, 3.63) is 60.7 Å². The van der Waals surface area contributed by atoms with Crippen LogP contribution in [-0.4, -0.2) is 65.5 Å². The fraction of sp³-hybridized carbons (Fsp3) is 0.667. The van der Waals surface area contributed by atoms with E-state index in [-0.39, 0.29) is 47.8 Å². The van der Waals surface area contributed by atoms with E-state index in [0.29, 0.717) is 13.0 Å². The summed E-state index contributed by atoms with van der Waals surface area (Å²) in [6, 6.07) is 21.5. The van der Waals surface area contributed by atoms with Gasteiger partial charge in [-0.25, -0.2) is 0 Å². The van der Waals surface area contributed by atoms with Gasteiger partial charge < -0.3 is 28.1 Å². The van der Waals surface area contributed by atoms with Gasteiger partial charge in [-0.2, -0.15) is 0 Å². The molecule has 0 radical (unpaired) electrons. The van der Waals surface area contributed by atoms with Crippen molar-refractivity contribution < 1.29 is 32.9 Å². The lowest BCUT2D eigenvalue weighted by Gasteiger charge is -2.56. The Kier molecular flexibility index (Phi) is 10.0. The number of rotatable bonds is 10. The molecule has 260 valence electrons. The fourth-order valence-electron chi connectivity index (χ4n) is 9.52. The van der Waals surface area contributed by atoms with Gasteiger partial charge in [0.05, 0.1) is 11.0 Å². The molecular formula is C39H58O7Si. The smallest absolute Gasteiger partial charge is 0.311 e. The average Bonchev–Trinajstić information content (AvgIpc) is 3.41. The van der Waals surface area contributed by atoms with Gasteiger partial charge in [-0.15, -0.1) is 0 Å². The van der Waals surface area contributed by atoms with Gasteiger partial charge in [0.1, 0.15) is 19.0 Å². The highest BCUT2D eigenvalue weighted by atomic mass is 28.4. The third-order valence-corrected chi connectivity index (χ3v) is 16.6. The number of methoxy groups -OCH3 is 2. The molecule has 2 saturated carbocycles. The van der Waals surface area contributed by atoms with Crippen LogP contribution in [-0.2, 0) is 32.9 Å². The van der Waals surface area contributed by atoms with Crippen molar-refractivity contribution in [3.63, 3.8) is 0 Å². The second-order valence-corrected chi connectivity index (χ2v) is 20.9. The molecule has 2 aromatic carbocycles. The topological polar surface area (TPSA) is 72.5 Å². The molecule has 1 spiro atoms. The van der Waals surface area contributed by atoms with Crippen LogP contribution in [0.15, 0.2) is 60.7 Å². The lowest BCUT2D eigenvalue weighted by molar-refractivity contribution is -0.321. The van der Waals surface area contributed by atoms with Crippen molar-refractivity contribution in [2.45, 2.75) is 110 Å². The van der Waals surface area contributed by atoms with Gasteiger partial charge in [0.15, 0.2) is 0 Å². The highest BCUT2D eigenvalue weighted by Crippen LogP contribution is 2.72. The van der Waals surface area contributed by atoms with E-state index in [1.54, 1.807) is 14.2 Å². The predicted molar refractivity (Wildman–Crippen MR) is 187 cm³/mol. The Bertz CT molecular complexity index is 1330. The maximum Gasteiger partial charge on any atom is 0.311 e. The number of hydrogen-bond donors (Lipinski definition) is 0. The van der Waals surface area contributed by atoms with E-state index in [1.165, 1.54) is 10.4 Å². The molecule has 5 rings (SSSR count). The van der Waals surface area contributed by atoms with Gasteiger partial charge in [-0.1, -0.05) is 88.4 Å². The standard InChI is InChI=1S/C39H58O7Si/c1-27-30(25-44-47(36(5,6)7,28-18-14-12-15-19-28)29-20-16-13-17-21-29)38-23-22-33(43-26-41-10)39(38,42-11)46-37(8,9)32(38)24-31(27)45-34(40)35(2,3)4/h12-21,27,30-33H,22-26H2,1-11H3/t27-,30-,31-,32-,33+,38-,39+/m0/s1. The number of benzene rings is 2. The number of hydrogen-bond acceptors (Lipinski definition) is 7. The van der Waals surface area contributed by atoms with Crippen molar-refractivity contribution >= 4 is 24.7 Å². The Morgan fingerprint density at radius 2 is 1.51 bits per heavy atom. The molecule has 2 aromatic rings. The summed E-state index contributed by atoms with van der Waals surface area (Å²) in [5.74, 6) is -1.23. The molecule has 1 aliphatic heterocycles. The third-order valence-electron chi connectivity index (χ3n) is 11.6. The molecule has 0 N–H and O–H groups in total. The van der Waals surface area contributed by atoms with Crippen LogP contribution >= 0.6 is 0 Å². The van der Waals surface area contributed by atoms with Crippen LogP contribution in [0.4, 0.5) is 0 Å². The zero-order chi connectivity index (χ0) is 34.5. The zero-order valence-corrected chi connectivity index (χ0v) is 31.6. The molecule has 0 unspecified atom stereocenters. The van der Waals surface area contributed by atoms with Crippen molar-refractivity contribution in [1.82, 2.24) is 0 Å². The molecule has 47 heavy (non-hydrogen) atoms. The van der Waals surface area contributed by atoms with Crippen LogP contribution < -0.4 is 10.4 Å².